The minimum Gasteiger partial charge on any atom is -0.477 e. The van der Waals surface area contributed by atoms with Crippen molar-refractivity contribution >= 4 is 23.6 Å². The van der Waals surface area contributed by atoms with Gasteiger partial charge in [-0.3, -0.25) is 9.20 Å². The number of aromatic carboxylic acids is 1. The number of hydrogen-bond acceptors (Lipinski definition) is 7. The molecular weight excluding hydrogens is 493 g/mol. The van der Waals surface area contributed by atoms with Crippen LogP contribution in [0.25, 0.3) is 5.78 Å². The third-order valence-corrected chi connectivity index (χ3v) is 6.23. The third-order valence-electron chi connectivity index (χ3n) is 6.23. The average molecular weight is 520 g/mol. The number of halogens is 1. The van der Waals surface area contributed by atoms with Crippen molar-refractivity contribution in [1.29, 1.82) is 0 Å². The summed E-state index contributed by atoms with van der Waals surface area (Å²) in [6.45, 7) is 2.20. The Hall–Kier alpha value is -4.64. The summed E-state index contributed by atoms with van der Waals surface area (Å²) >= 11 is 0. The van der Waals surface area contributed by atoms with Crippen LogP contribution in [0.3, 0.4) is 0 Å². The Balaban J connectivity index is 0.000000283. The molecule has 0 saturated heterocycles. The molecule has 0 unspecified atom stereocenters. The number of esters is 1. The predicted octanol–water partition coefficient (Wildman–Crippen LogP) is 3.22. The Bertz CT molecular complexity index is 1530. The molecule has 0 radical (unpaired) electrons. The molecule has 5 rings (SSSR count). The number of aryl methyl sites for hydroxylation is 2. The second-order valence-corrected chi connectivity index (χ2v) is 8.69. The quantitative estimate of drug-likeness (QED) is 0.340. The minimum absolute atomic E-state index is 0.0178. The van der Waals surface area contributed by atoms with Gasteiger partial charge in [-0.05, 0) is 60.2 Å². The highest BCUT2D eigenvalue weighted by Crippen LogP contribution is 2.32. The lowest BCUT2D eigenvalue weighted by atomic mass is 10.0. The van der Waals surface area contributed by atoms with E-state index in [4.69, 9.17) is 10.5 Å². The highest BCUT2D eigenvalue weighted by atomic mass is 19.1. The largest absolute Gasteiger partial charge is 0.477 e. The number of ether oxygens (including phenoxy) is 1. The average Bonchev–Trinajstić information content (AvgIpc) is 3.56. The topological polar surface area (TPSA) is 149 Å². The first-order valence-electron chi connectivity index (χ1n) is 11.8. The number of nitrogens with one attached hydrogen (secondary N) is 1. The number of imidazole rings is 1. The molecule has 1 aliphatic rings. The summed E-state index contributed by atoms with van der Waals surface area (Å²) in [5.41, 5.74) is 9.21. The normalized spacial score (nSPS) is 13.8. The minimum atomic E-state index is -1.18. The number of nitrogens with zero attached hydrogens (tertiary/aromatic N) is 3. The van der Waals surface area contributed by atoms with Crippen LogP contribution in [0.5, 0.6) is 0 Å². The van der Waals surface area contributed by atoms with Crippen LogP contribution in [0.2, 0.25) is 0 Å². The van der Waals surface area contributed by atoms with Gasteiger partial charge in [-0.25, -0.2) is 23.9 Å². The number of amides is 1. The molecule has 4 N–H and O–H groups in total. The van der Waals surface area contributed by atoms with Gasteiger partial charge in [-0.1, -0.05) is 18.2 Å². The number of hydrogen-bond donors (Lipinski definition) is 3. The molecule has 0 aliphatic heterocycles. The van der Waals surface area contributed by atoms with Gasteiger partial charge in [0.1, 0.15) is 17.2 Å². The molecule has 1 atom stereocenters. The fourth-order valence-corrected chi connectivity index (χ4v) is 4.26. The summed E-state index contributed by atoms with van der Waals surface area (Å²) in [6.07, 6.45) is 4.27. The van der Waals surface area contributed by atoms with Crippen molar-refractivity contribution in [2.75, 3.05) is 7.11 Å². The van der Waals surface area contributed by atoms with Crippen LogP contribution in [0, 0.1) is 12.7 Å². The van der Waals surface area contributed by atoms with Gasteiger partial charge < -0.3 is 20.9 Å². The predicted molar refractivity (Wildman–Crippen MR) is 135 cm³/mol. The zero-order chi connectivity index (χ0) is 27.4. The second-order valence-electron chi connectivity index (χ2n) is 8.69. The number of carboxylic acid groups (broad SMARTS) is 1. The number of rotatable bonds is 5. The molecule has 11 heteroatoms. The lowest BCUT2D eigenvalue weighted by Gasteiger charge is -2.14. The van der Waals surface area contributed by atoms with Crippen molar-refractivity contribution in [1.82, 2.24) is 19.7 Å². The molecule has 38 heavy (non-hydrogen) atoms. The molecule has 2 aromatic heterocycles. The van der Waals surface area contributed by atoms with E-state index in [1.165, 1.54) is 36.0 Å². The van der Waals surface area contributed by atoms with Gasteiger partial charge in [-0.2, -0.15) is 0 Å². The van der Waals surface area contributed by atoms with Crippen LogP contribution in [-0.2, 0) is 17.7 Å². The molecule has 1 aliphatic carbocycles. The number of carbonyl (C=O) groups excluding carboxylic acids is 2. The highest BCUT2D eigenvalue weighted by Gasteiger charge is 2.26. The lowest BCUT2D eigenvalue weighted by Crippen LogP contribution is -2.28. The van der Waals surface area contributed by atoms with Crippen molar-refractivity contribution in [2.45, 2.75) is 32.4 Å². The molecule has 196 valence electrons. The number of methoxy groups -OCH3 is 1. The van der Waals surface area contributed by atoms with E-state index in [-0.39, 0.29) is 29.0 Å². The molecule has 4 aromatic rings. The van der Waals surface area contributed by atoms with Crippen LogP contribution in [0.15, 0.2) is 54.9 Å². The van der Waals surface area contributed by atoms with E-state index in [1.807, 2.05) is 0 Å². The number of nitrogens with two attached hydrogens (primary N) is 1. The summed E-state index contributed by atoms with van der Waals surface area (Å²) in [5.74, 6) is -2.10. The molecule has 0 spiro atoms. The van der Waals surface area contributed by atoms with E-state index in [1.54, 1.807) is 37.3 Å². The fourth-order valence-electron chi connectivity index (χ4n) is 4.26. The molecule has 0 saturated carbocycles. The van der Waals surface area contributed by atoms with Gasteiger partial charge in [0.05, 0.1) is 18.7 Å². The molecular formula is C27H26FN5O5. The summed E-state index contributed by atoms with van der Waals surface area (Å²) in [4.78, 5) is 43.9. The van der Waals surface area contributed by atoms with Gasteiger partial charge >= 0.3 is 11.9 Å². The van der Waals surface area contributed by atoms with E-state index in [2.05, 4.69) is 15.3 Å². The third kappa shape index (κ3) is 5.52. The van der Waals surface area contributed by atoms with Crippen LogP contribution in [-0.4, -0.2) is 44.4 Å². The zero-order valence-electron chi connectivity index (χ0n) is 20.8. The van der Waals surface area contributed by atoms with Crippen LogP contribution in [0.1, 0.15) is 66.1 Å². The first-order valence-corrected chi connectivity index (χ1v) is 11.8. The summed E-state index contributed by atoms with van der Waals surface area (Å²) in [5, 5.41) is 12.3. The Morgan fingerprint density at radius 1 is 1.21 bits per heavy atom. The first kappa shape index (κ1) is 26.4. The number of fused-ring (bicyclic) bond motifs is 2. The van der Waals surface area contributed by atoms with E-state index in [9.17, 15) is 23.9 Å². The zero-order valence-corrected chi connectivity index (χ0v) is 20.8. The van der Waals surface area contributed by atoms with E-state index in [0.29, 0.717) is 30.5 Å². The van der Waals surface area contributed by atoms with Crippen molar-refractivity contribution in [3.63, 3.8) is 0 Å². The molecule has 10 nitrogen and oxygen atoms in total. The highest BCUT2D eigenvalue weighted by molar-refractivity contribution is 5.96. The SMILES string of the molecule is COC(=O)c1ccc2c(c1)CC[C@@H]2NC(=O)c1cc(C(=O)O)n2ccnc2n1.Cc1cc(CN)ccc1F. The smallest absolute Gasteiger partial charge is 0.353 e. The Kier molecular flexibility index (Phi) is 7.77. The summed E-state index contributed by atoms with van der Waals surface area (Å²) in [7, 11) is 1.33. The van der Waals surface area contributed by atoms with Gasteiger partial charge in [0.25, 0.3) is 5.91 Å². The summed E-state index contributed by atoms with van der Waals surface area (Å²) in [6, 6.07) is 11.1. The monoisotopic (exact) mass is 519 g/mol. The number of aromatic nitrogens is 3. The fraction of sp³-hybridized carbons (Fsp3) is 0.222. The van der Waals surface area contributed by atoms with Gasteiger partial charge in [0.15, 0.2) is 0 Å². The molecule has 1 amide bonds. The lowest BCUT2D eigenvalue weighted by molar-refractivity contribution is 0.0599. The number of benzene rings is 2. The van der Waals surface area contributed by atoms with Crippen molar-refractivity contribution in [3.05, 3.63) is 99.9 Å². The maximum atomic E-state index is 12.7. The molecule has 0 fully saturated rings. The maximum Gasteiger partial charge on any atom is 0.353 e. The van der Waals surface area contributed by atoms with Crippen molar-refractivity contribution < 1.29 is 28.6 Å². The maximum absolute atomic E-state index is 12.7. The first-order chi connectivity index (χ1) is 18.2. The van der Waals surface area contributed by atoms with E-state index >= 15 is 0 Å². The molecule has 2 aromatic carbocycles. The summed E-state index contributed by atoms with van der Waals surface area (Å²) < 4.78 is 18.6. The standard InChI is InChI=1S/C19H16N4O5.C8H10FN/c1-28-18(27)11-2-4-12-10(8-11)3-5-13(12)21-16(24)14-9-15(17(25)26)23-7-6-20-19(23)22-14;1-6-4-7(5-10)2-3-8(6)9/h2,4,6-9,13H,3,5H2,1H3,(H,21,24)(H,25,26);2-4H,5,10H2,1H3/t13-;/m0./s1. The van der Waals surface area contributed by atoms with E-state index in [0.717, 1.165) is 16.7 Å². The van der Waals surface area contributed by atoms with Gasteiger partial charge in [-0.15, -0.1) is 0 Å². The van der Waals surface area contributed by atoms with Crippen LogP contribution in [0.4, 0.5) is 4.39 Å². The molecule has 2 heterocycles. The van der Waals surface area contributed by atoms with Crippen LogP contribution >= 0.6 is 0 Å². The van der Waals surface area contributed by atoms with Crippen molar-refractivity contribution in [2.24, 2.45) is 5.73 Å². The van der Waals surface area contributed by atoms with Gasteiger partial charge in [0, 0.05) is 25.0 Å². The number of carboxylic acids is 1. The van der Waals surface area contributed by atoms with Crippen LogP contribution < -0.4 is 11.1 Å². The Morgan fingerprint density at radius 3 is 2.68 bits per heavy atom. The Labute approximate surface area is 217 Å². The van der Waals surface area contributed by atoms with E-state index < -0.39 is 17.8 Å². The molecule has 0 bridgehead atoms. The number of carbonyl (C=O) groups is 3. The Morgan fingerprint density at radius 2 is 2.00 bits per heavy atom. The second kappa shape index (κ2) is 11.2. The van der Waals surface area contributed by atoms with Crippen molar-refractivity contribution in [3.8, 4) is 0 Å². The van der Waals surface area contributed by atoms with Gasteiger partial charge in [0.2, 0.25) is 5.78 Å².